The predicted molar refractivity (Wildman–Crippen MR) is 143 cm³/mol. The zero-order valence-corrected chi connectivity index (χ0v) is 22.3. The number of hydrogen-bond donors (Lipinski definition) is 0. The van der Waals surface area contributed by atoms with Crippen LogP contribution in [0.5, 0.6) is 5.75 Å². The standard InChI is InChI=1S/C25H13Cl4N3O7/c26-19-17-18(20(27)22(29)21(19)28)24(35)31(23(17)34)14-2-1-3-15(9-14)39-25(36)11-8-16(33)30(10-11)12-4-6-13(7-5-12)32(37)38/h1-7,9,11H,8,10H2/t11-/m1/s1. The van der Waals surface area contributed by atoms with E-state index in [0.29, 0.717) is 5.69 Å². The quantitative estimate of drug-likeness (QED) is 0.0664. The van der Waals surface area contributed by atoms with Gasteiger partial charge >= 0.3 is 5.97 Å². The number of nitro benzene ring substituents is 1. The third-order valence-electron chi connectivity index (χ3n) is 6.23. The lowest BCUT2D eigenvalue weighted by molar-refractivity contribution is -0.384. The highest BCUT2D eigenvalue weighted by atomic mass is 35.5. The number of carbonyl (C=O) groups excluding carboxylic acids is 4. The second-order valence-corrected chi connectivity index (χ2v) is 10.1. The number of rotatable bonds is 5. The zero-order chi connectivity index (χ0) is 28.2. The molecule has 10 nitrogen and oxygen atoms in total. The first-order valence-electron chi connectivity index (χ1n) is 11.1. The number of esters is 1. The highest BCUT2D eigenvalue weighted by molar-refractivity contribution is 6.56. The molecule has 39 heavy (non-hydrogen) atoms. The minimum atomic E-state index is -0.822. The van der Waals surface area contributed by atoms with E-state index in [9.17, 15) is 29.3 Å². The number of hydrogen-bond acceptors (Lipinski definition) is 7. The molecule has 3 aromatic rings. The van der Waals surface area contributed by atoms with E-state index >= 15 is 0 Å². The topological polar surface area (TPSA) is 127 Å². The SMILES string of the molecule is O=C(Oc1cccc(N2C(=O)c3c(Cl)c(Cl)c(Cl)c(Cl)c3C2=O)c1)[C@@H]1CC(=O)N(c2ccc([N+](=O)[O-])cc2)C1. The van der Waals surface area contributed by atoms with Gasteiger partial charge in [-0.25, -0.2) is 4.90 Å². The van der Waals surface area contributed by atoms with Crippen LogP contribution in [0, 0.1) is 16.0 Å². The average Bonchev–Trinajstić information content (AvgIpc) is 3.43. The van der Waals surface area contributed by atoms with Gasteiger partial charge in [0.2, 0.25) is 5.91 Å². The van der Waals surface area contributed by atoms with Gasteiger partial charge in [-0.05, 0) is 24.3 Å². The van der Waals surface area contributed by atoms with E-state index in [4.69, 9.17) is 51.1 Å². The molecule has 0 aliphatic carbocycles. The van der Waals surface area contributed by atoms with Gasteiger partial charge in [-0.1, -0.05) is 52.5 Å². The highest BCUT2D eigenvalue weighted by Gasteiger charge is 2.43. The predicted octanol–water partition coefficient (Wildman–Crippen LogP) is 5.97. The monoisotopic (exact) mass is 607 g/mol. The van der Waals surface area contributed by atoms with Crippen LogP contribution in [0.25, 0.3) is 0 Å². The van der Waals surface area contributed by atoms with E-state index in [1.807, 2.05) is 0 Å². The van der Waals surface area contributed by atoms with Crippen molar-refractivity contribution in [1.82, 2.24) is 0 Å². The van der Waals surface area contributed by atoms with Gasteiger partial charge < -0.3 is 9.64 Å². The summed E-state index contributed by atoms with van der Waals surface area (Å²) in [5.41, 5.74) is -0.0412. The molecule has 0 spiro atoms. The summed E-state index contributed by atoms with van der Waals surface area (Å²) in [5, 5.41) is 10.1. The summed E-state index contributed by atoms with van der Waals surface area (Å²) in [6, 6.07) is 11.0. The molecular weight excluding hydrogens is 596 g/mol. The molecule has 0 aromatic heterocycles. The second kappa shape index (κ2) is 10.1. The molecule has 0 radical (unpaired) electrons. The van der Waals surface area contributed by atoms with Gasteiger partial charge in [-0.2, -0.15) is 0 Å². The van der Waals surface area contributed by atoms with Gasteiger partial charge in [0.1, 0.15) is 5.75 Å². The lowest BCUT2D eigenvalue weighted by atomic mass is 10.1. The first-order valence-corrected chi connectivity index (χ1v) is 12.6. The normalized spacial score (nSPS) is 16.6. The maximum absolute atomic E-state index is 13.1. The minimum absolute atomic E-state index is 0.00604. The van der Waals surface area contributed by atoms with E-state index < -0.39 is 28.6 Å². The summed E-state index contributed by atoms with van der Waals surface area (Å²) in [7, 11) is 0. The number of fused-ring (bicyclic) bond motifs is 1. The number of imide groups is 1. The largest absolute Gasteiger partial charge is 0.426 e. The fourth-order valence-corrected chi connectivity index (χ4v) is 5.35. The van der Waals surface area contributed by atoms with Crippen LogP contribution in [0.4, 0.5) is 17.1 Å². The van der Waals surface area contributed by atoms with Crippen molar-refractivity contribution in [2.45, 2.75) is 6.42 Å². The fraction of sp³-hybridized carbons (Fsp3) is 0.120. The average molecular weight is 609 g/mol. The second-order valence-electron chi connectivity index (χ2n) is 8.55. The van der Waals surface area contributed by atoms with Crippen molar-refractivity contribution >= 4 is 87.2 Å². The Morgan fingerprint density at radius 2 is 1.46 bits per heavy atom. The van der Waals surface area contributed by atoms with Gasteiger partial charge in [-0.3, -0.25) is 29.3 Å². The maximum Gasteiger partial charge on any atom is 0.316 e. The van der Waals surface area contributed by atoms with Crippen LogP contribution >= 0.6 is 46.4 Å². The molecule has 2 aliphatic rings. The van der Waals surface area contributed by atoms with Gasteiger partial charge in [0.05, 0.1) is 47.7 Å². The number of anilines is 2. The number of ether oxygens (including phenoxy) is 1. The number of nitrogens with zero attached hydrogens (tertiary/aromatic N) is 3. The summed E-state index contributed by atoms with van der Waals surface area (Å²) >= 11 is 24.5. The Morgan fingerprint density at radius 3 is 2.03 bits per heavy atom. The Kier molecular flexibility index (Phi) is 6.98. The highest BCUT2D eigenvalue weighted by Crippen LogP contribution is 2.46. The minimum Gasteiger partial charge on any atom is -0.426 e. The van der Waals surface area contributed by atoms with Crippen molar-refractivity contribution in [2.75, 3.05) is 16.3 Å². The lowest BCUT2D eigenvalue weighted by Crippen LogP contribution is -2.29. The zero-order valence-electron chi connectivity index (χ0n) is 19.3. The molecule has 0 saturated carbocycles. The number of amides is 3. The van der Waals surface area contributed by atoms with Crippen LogP contribution in [0.15, 0.2) is 48.5 Å². The molecule has 2 aliphatic heterocycles. The van der Waals surface area contributed by atoms with E-state index in [0.717, 1.165) is 4.90 Å². The number of halogens is 4. The number of benzene rings is 3. The van der Waals surface area contributed by atoms with Crippen molar-refractivity contribution in [3.63, 3.8) is 0 Å². The van der Waals surface area contributed by atoms with Gasteiger partial charge in [0.25, 0.3) is 17.5 Å². The Morgan fingerprint density at radius 1 is 0.872 bits per heavy atom. The molecule has 14 heteroatoms. The van der Waals surface area contributed by atoms with E-state index in [1.165, 1.54) is 53.4 Å². The lowest BCUT2D eigenvalue weighted by Gasteiger charge is -2.17. The van der Waals surface area contributed by atoms with Crippen LogP contribution in [-0.4, -0.2) is 35.2 Å². The van der Waals surface area contributed by atoms with Crippen LogP contribution in [0.3, 0.4) is 0 Å². The molecule has 1 atom stereocenters. The third kappa shape index (κ3) is 4.59. The fourth-order valence-electron chi connectivity index (χ4n) is 4.34. The first kappa shape index (κ1) is 26.9. The first-order chi connectivity index (χ1) is 18.5. The summed E-state index contributed by atoms with van der Waals surface area (Å²) in [5.74, 6) is -3.44. The van der Waals surface area contributed by atoms with Gasteiger partial charge in [0, 0.05) is 36.9 Å². The Labute approximate surface area is 239 Å². The Bertz CT molecular complexity index is 1560. The third-order valence-corrected chi connectivity index (χ3v) is 8.03. The van der Waals surface area contributed by atoms with Crippen molar-refractivity contribution < 1.29 is 28.8 Å². The van der Waals surface area contributed by atoms with Crippen LogP contribution < -0.4 is 14.5 Å². The van der Waals surface area contributed by atoms with Crippen molar-refractivity contribution in [3.05, 3.63) is 89.9 Å². The molecule has 3 aromatic carbocycles. The van der Waals surface area contributed by atoms with Crippen molar-refractivity contribution in [1.29, 1.82) is 0 Å². The molecule has 198 valence electrons. The van der Waals surface area contributed by atoms with E-state index in [1.54, 1.807) is 0 Å². The van der Waals surface area contributed by atoms with E-state index in [2.05, 4.69) is 0 Å². The molecule has 5 rings (SSSR count). The summed E-state index contributed by atoms with van der Waals surface area (Å²) in [4.78, 5) is 64.1. The molecular formula is C25H13Cl4N3O7. The van der Waals surface area contributed by atoms with E-state index in [-0.39, 0.29) is 67.2 Å². The number of non-ortho nitro benzene ring substituents is 1. The summed E-state index contributed by atoms with van der Waals surface area (Å²) in [6.07, 6.45) is -0.133. The van der Waals surface area contributed by atoms with Gasteiger partial charge in [0.15, 0.2) is 0 Å². The Hall–Kier alpha value is -3.70. The molecule has 3 amide bonds. The van der Waals surface area contributed by atoms with Crippen molar-refractivity contribution in [2.24, 2.45) is 5.92 Å². The molecule has 1 saturated heterocycles. The van der Waals surface area contributed by atoms with Crippen LogP contribution in [0.2, 0.25) is 20.1 Å². The van der Waals surface area contributed by atoms with Crippen LogP contribution in [0.1, 0.15) is 27.1 Å². The van der Waals surface area contributed by atoms with Crippen molar-refractivity contribution in [3.8, 4) is 5.75 Å². The molecule has 1 fully saturated rings. The molecule has 0 N–H and O–H groups in total. The maximum atomic E-state index is 13.1. The van der Waals surface area contributed by atoms with Crippen LogP contribution in [-0.2, 0) is 9.59 Å². The number of nitro groups is 1. The van der Waals surface area contributed by atoms with Gasteiger partial charge in [-0.15, -0.1) is 0 Å². The number of carbonyl (C=O) groups is 4. The molecule has 2 heterocycles. The summed E-state index contributed by atoms with van der Waals surface area (Å²) in [6.45, 7) is 0.00604. The Balaban J connectivity index is 1.34. The smallest absolute Gasteiger partial charge is 0.316 e. The molecule has 0 bridgehead atoms. The summed E-state index contributed by atoms with van der Waals surface area (Å²) < 4.78 is 5.46. The molecule has 0 unspecified atom stereocenters.